The Hall–Kier alpha value is -2.35. The summed E-state index contributed by atoms with van der Waals surface area (Å²) in [7, 11) is 0. The van der Waals surface area contributed by atoms with E-state index in [9.17, 15) is 4.79 Å². The minimum absolute atomic E-state index is 0.0675. The molecule has 1 heterocycles. The van der Waals surface area contributed by atoms with Gasteiger partial charge in [-0.3, -0.25) is 4.79 Å². The standard InChI is InChI=1S/C17H15NO/c19-17-11-2-1-5-12-18(17)13-15-9-6-8-14-7-3-4-10-16(14)15/h1-11H,12-13H2. The molecule has 94 valence electrons. The third kappa shape index (κ3) is 2.43. The Morgan fingerprint density at radius 2 is 1.84 bits per heavy atom. The van der Waals surface area contributed by atoms with Gasteiger partial charge in [0.2, 0.25) is 5.91 Å². The fourth-order valence-corrected chi connectivity index (χ4v) is 2.38. The summed E-state index contributed by atoms with van der Waals surface area (Å²) in [5.74, 6) is 0.0675. The molecule has 1 aliphatic rings. The van der Waals surface area contributed by atoms with E-state index in [0.717, 1.165) is 0 Å². The molecule has 0 spiro atoms. The van der Waals surface area contributed by atoms with E-state index in [1.165, 1.54) is 16.3 Å². The predicted molar refractivity (Wildman–Crippen MR) is 77.6 cm³/mol. The molecule has 0 bridgehead atoms. The van der Waals surface area contributed by atoms with Crippen LogP contribution in [0, 0.1) is 0 Å². The van der Waals surface area contributed by atoms with E-state index in [-0.39, 0.29) is 5.91 Å². The summed E-state index contributed by atoms with van der Waals surface area (Å²) in [5.41, 5.74) is 1.19. The zero-order valence-corrected chi connectivity index (χ0v) is 10.6. The van der Waals surface area contributed by atoms with Crippen LogP contribution in [-0.4, -0.2) is 17.4 Å². The van der Waals surface area contributed by atoms with Crippen LogP contribution < -0.4 is 0 Å². The monoisotopic (exact) mass is 249 g/mol. The van der Waals surface area contributed by atoms with Gasteiger partial charge in [0.1, 0.15) is 0 Å². The topological polar surface area (TPSA) is 20.3 Å². The average molecular weight is 249 g/mol. The van der Waals surface area contributed by atoms with Crippen molar-refractivity contribution in [2.24, 2.45) is 0 Å². The molecule has 0 saturated heterocycles. The number of hydrogen-bond donors (Lipinski definition) is 0. The van der Waals surface area contributed by atoms with E-state index in [0.29, 0.717) is 13.1 Å². The van der Waals surface area contributed by atoms with Gasteiger partial charge in [-0.1, -0.05) is 60.7 Å². The number of benzene rings is 2. The second kappa shape index (κ2) is 5.11. The molecule has 1 aliphatic heterocycles. The zero-order chi connectivity index (χ0) is 13.1. The van der Waals surface area contributed by atoms with Crippen molar-refractivity contribution in [1.82, 2.24) is 4.90 Å². The van der Waals surface area contributed by atoms with Crippen molar-refractivity contribution >= 4 is 16.7 Å². The Kier molecular flexibility index (Phi) is 3.15. The highest BCUT2D eigenvalue weighted by Gasteiger charge is 2.12. The van der Waals surface area contributed by atoms with Crippen LogP contribution in [0.5, 0.6) is 0 Å². The molecule has 1 amide bonds. The molecule has 0 aliphatic carbocycles. The van der Waals surface area contributed by atoms with Crippen LogP contribution in [0.25, 0.3) is 10.8 Å². The summed E-state index contributed by atoms with van der Waals surface area (Å²) in [4.78, 5) is 13.8. The van der Waals surface area contributed by atoms with Crippen LogP contribution in [0.1, 0.15) is 5.56 Å². The largest absolute Gasteiger partial charge is 0.331 e. The lowest BCUT2D eigenvalue weighted by molar-refractivity contribution is -0.126. The van der Waals surface area contributed by atoms with E-state index in [1.54, 1.807) is 12.2 Å². The van der Waals surface area contributed by atoms with Crippen molar-refractivity contribution in [3.8, 4) is 0 Å². The van der Waals surface area contributed by atoms with Gasteiger partial charge in [0, 0.05) is 19.2 Å². The summed E-state index contributed by atoms with van der Waals surface area (Å²) in [6, 6.07) is 14.5. The van der Waals surface area contributed by atoms with Crippen LogP contribution in [0.15, 0.2) is 66.8 Å². The predicted octanol–water partition coefficient (Wildman–Crippen LogP) is 3.29. The van der Waals surface area contributed by atoms with Gasteiger partial charge in [-0.05, 0) is 16.3 Å². The summed E-state index contributed by atoms with van der Waals surface area (Å²) in [6.45, 7) is 1.31. The van der Waals surface area contributed by atoms with Crippen molar-refractivity contribution < 1.29 is 4.79 Å². The minimum Gasteiger partial charge on any atom is -0.331 e. The highest BCUT2D eigenvalue weighted by atomic mass is 16.2. The Morgan fingerprint density at radius 1 is 1.00 bits per heavy atom. The number of allylic oxidation sites excluding steroid dienone is 2. The normalized spacial score (nSPS) is 14.9. The van der Waals surface area contributed by atoms with E-state index in [1.807, 2.05) is 35.3 Å². The van der Waals surface area contributed by atoms with Crippen molar-refractivity contribution in [3.63, 3.8) is 0 Å². The first-order valence-electron chi connectivity index (χ1n) is 6.43. The molecule has 0 fully saturated rings. The van der Waals surface area contributed by atoms with E-state index >= 15 is 0 Å². The number of amides is 1. The molecule has 3 rings (SSSR count). The lowest BCUT2D eigenvalue weighted by Gasteiger charge is -2.20. The third-order valence-corrected chi connectivity index (χ3v) is 3.36. The van der Waals surface area contributed by atoms with Gasteiger partial charge >= 0.3 is 0 Å². The maximum absolute atomic E-state index is 12.0. The van der Waals surface area contributed by atoms with Crippen LogP contribution in [-0.2, 0) is 11.3 Å². The van der Waals surface area contributed by atoms with Gasteiger partial charge in [0.15, 0.2) is 0 Å². The molecule has 0 saturated carbocycles. The molecule has 19 heavy (non-hydrogen) atoms. The maximum atomic E-state index is 12.0. The first-order chi connectivity index (χ1) is 9.34. The summed E-state index contributed by atoms with van der Waals surface area (Å²) in [5, 5.41) is 2.43. The first-order valence-corrected chi connectivity index (χ1v) is 6.43. The molecular weight excluding hydrogens is 234 g/mol. The molecule has 2 aromatic rings. The van der Waals surface area contributed by atoms with Gasteiger partial charge in [0.05, 0.1) is 0 Å². The van der Waals surface area contributed by atoms with Gasteiger partial charge in [0.25, 0.3) is 0 Å². The molecule has 0 N–H and O–H groups in total. The Morgan fingerprint density at radius 3 is 2.79 bits per heavy atom. The molecular formula is C17H15NO. The second-order valence-corrected chi connectivity index (χ2v) is 4.64. The number of carbonyl (C=O) groups excluding carboxylic acids is 1. The van der Waals surface area contributed by atoms with Crippen LogP contribution in [0.2, 0.25) is 0 Å². The van der Waals surface area contributed by atoms with Crippen LogP contribution in [0.3, 0.4) is 0 Å². The smallest absolute Gasteiger partial charge is 0.247 e. The molecule has 0 unspecified atom stereocenters. The number of rotatable bonds is 2. The van der Waals surface area contributed by atoms with Crippen LogP contribution >= 0.6 is 0 Å². The van der Waals surface area contributed by atoms with Crippen molar-refractivity contribution in [1.29, 1.82) is 0 Å². The average Bonchev–Trinajstić information content (AvgIpc) is 2.65. The summed E-state index contributed by atoms with van der Waals surface area (Å²) in [6.07, 6.45) is 7.34. The summed E-state index contributed by atoms with van der Waals surface area (Å²) >= 11 is 0. The highest BCUT2D eigenvalue weighted by molar-refractivity contribution is 5.89. The Balaban J connectivity index is 1.95. The van der Waals surface area contributed by atoms with Gasteiger partial charge in [-0.2, -0.15) is 0 Å². The first kappa shape index (κ1) is 11.7. The molecule has 2 heteroatoms. The van der Waals surface area contributed by atoms with E-state index in [4.69, 9.17) is 0 Å². The zero-order valence-electron chi connectivity index (χ0n) is 10.6. The SMILES string of the molecule is O=C1C=CC=CCN1Cc1cccc2ccccc12. The minimum atomic E-state index is 0.0675. The molecule has 0 aromatic heterocycles. The van der Waals surface area contributed by atoms with Gasteiger partial charge < -0.3 is 4.90 Å². The maximum Gasteiger partial charge on any atom is 0.247 e. The fourth-order valence-electron chi connectivity index (χ4n) is 2.38. The van der Waals surface area contributed by atoms with Crippen molar-refractivity contribution in [3.05, 3.63) is 72.3 Å². The molecule has 2 aromatic carbocycles. The quantitative estimate of drug-likeness (QED) is 0.799. The van der Waals surface area contributed by atoms with Crippen molar-refractivity contribution in [2.75, 3.05) is 6.54 Å². The van der Waals surface area contributed by atoms with Gasteiger partial charge in [-0.25, -0.2) is 0 Å². The number of fused-ring (bicyclic) bond motifs is 1. The highest BCUT2D eigenvalue weighted by Crippen LogP contribution is 2.20. The molecule has 0 radical (unpaired) electrons. The van der Waals surface area contributed by atoms with Crippen LogP contribution in [0.4, 0.5) is 0 Å². The van der Waals surface area contributed by atoms with E-state index in [2.05, 4.69) is 24.3 Å². The number of hydrogen-bond acceptors (Lipinski definition) is 1. The summed E-state index contributed by atoms with van der Waals surface area (Å²) < 4.78 is 0. The Labute approximate surface area is 112 Å². The fraction of sp³-hybridized carbons (Fsp3) is 0.118. The molecule has 2 nitrogen and oxygen atoms in total. The lowest BCUT2D eigenvalue weighted by Crippen LogP contribution is -2.28. The lowest BCUT2D eigenvalue weighted by atomic mass is 10.0. The second-order valence-electron chi connectivity index (χ2n) is 4.64. The number of nitrogens with zero attached hydrogens (tertiary/aromatic N) is 1. The van der Waals surface area contributed by atoms with Gasteiger partial charge in [-0.15, -0.1) is 0 Å². The Bertz CT molecular complexity index is 665. The number of carbonyl (C=O) groups is 1. The molecule has 0 atom stereocenters. The van der Waals surface area contributed by atoms with Crippen molar-refractivity contribution in [2.45, 2.75) is 6.54 Å². The van der Waals surface area contributed by atoms with E-state index < -0.39 is 0 Å². The third-order valence-electron chi connectivity index (χ3n) is 3.36.